The largest absolute Gasteiger partial charge is 0.433 e. The minimum absolute atomic E-state index is 0.275. The number of alkyl halides is 3. The molecule has 3 heterocycles. The summed E-state index contributed by atoms with van der Waals surface area (Å²) in [6.45, 7) is 0.384. The highest BCUT2D eigenvalue weighted by atomic mass is 19.4. The molecule has 0 fully saturated rings. The van der Waals surface area contributed by atoms with Crippen molar-refractivity contribution < 1.29 is 13.2 Å². The van der Waals surface area contributed by atoms with Crippen LogP contribution in [0.2, 0.25) is 0 Å². The van der Waals surface area contributed by atoms with Crippen LogP contribution in [0.5, 0.6) is 0 Å². The Hall–Kier alpha value is -3.73. The van der Waals surface area contributed by atoms with Crippen LogP contribution in [-0.4, -0.2) is 31.3 Å². The van der Waals surface area contributed by atoms with Gasteiger partial charge in [-0.15, -0.1) is 0 Å². The maximum absolute atomic E-state index is 12.8. The summed E-state index contributed by atoms with van der Waals surface area (Å²) in [5, 5.41) is 10.9. The molecule has 0 spiro atoms. The van der Waals surface area contributed by atoms with Gasteiger partial charge in [-0.2, -0.15) is 28.2 Å². The van der Waals surface area contributed by atoms with Crippen molar-refractivity contribution in [3.8, 4) is 0 Å². The van der Waals surface area contributed by atoms with E-state index in [9.17, 15) is 13.2 Å². The van der Waals surface area contributed by atoms with Gasteiger partial charge in [0.05, 0.1) is 23.5 Å². The second-order valence-electron chi connectivity index (χ2n) is 6.85. The van der Waals surface area contributed by atoms with Crippen molar-refractivity contribution in [3.05, 3.63) is 66.1 Å². The average molecular weight is 428 g/mol. The summed E-state index contributed by atoms with van der Waals surface area (Å²) < 4.78 is 39.8. The first-order chi connectivity index (χ1) is 14.8. The fourth-order valence-corrected chi connectivity index (χ4v) is 2.99. The van der Waals surface area contributed by atoms with E-state index >= 15 is 0 Å². The van der Waals surface area contributed by atoms with Crippen molar-refractivity contribution in [2.75, 3.05) is 17.2 Å². The molecule has 31 heavy (non-hydrogen) atoms. The molecule has 0 aliphatic carbocycles. The zero-order valence-corrected chi connectivity index (χ0v) is 16.4. The lowest BCUT2D eigenvalue weighted by Crippen LogP contribution is -2.21. The van der Waals surface area contributed by atoms with Crippen molar-refractivity contribution in [3.63, 3.8) is 0 Å². The molecule has 0 saturated heterocycles. The second kappa shape index (κ2) is 8.19. The predicted molar refractivity (Wildman–Crippen MR) is 111 cm³/mol. The van der Waals surface area contributed by atoms with Crippen molar-refractivity contribution in [2.45, 2.75) is 12.2 Å². The Morgan fingerprint density at radius 2 is 1.84 bits per heavy atom. The Morgan fingerprint density at radius 1 is 1.06 bits per heavy atom. The molecular formula is C20H19F3N8. The molecule has 0 amide bonds. The lowest BCUT2D eigenvalue weighted by molar-refractivity contribution is -0.141. The van der Waals surface area contributed by atoms with Crippen molar-refractivity contribution >= 4 is 28.5 Å². The summed E-state index contributed by atoms with van der Waals surface area (Å²) in [5.41, 5.74) is 7.12. The molecule has 1 aromatic carbocycles. The van der Waals surface area contributed by atoms with E-state index < -0.39 is 11.9 Å². The zero-order chi connectivity index (χ0) is 22.0. The van der Waals surface area contributed by atoms with Crippen LogP contribution in [0.3, 0.4) is 0 Å². The minimum Gasteiger partial charge on any atom is -0.352 e. The van der Waals surface area contributed by atoms with E-state index in [1.807, 2.05) is 30.3 Å². The van der Waals surface area contributed by atoms with E-state index in [0.717, 1.165) is 17.8 Å². The number of hydrogen-bond donors (Lipinski definition) is 3. The molecule has 8 nitrogen and oxygen atoms in total. The number of nitrogens with one attached hydrogen (secondary N) is 2. The highest BCUT2D eigenvalue weighted by Gasteiger charge is 2.32. The number of aromatic nitrogens is 5. The number of halogens is 3. The topological polar surface area (TPSA) is 107 Å². The molecule has 0 unspecified atom stereocenters. The standard InChI is InChI=1S/C20H19F3N8/c1-31-18-14(10-27-31)17(28-13-7-8-16(25-9-13)20(21,22)23)29-19(30-18)26-11-15(24)12-5-3-2-4-6-12/h2-10,15H,11,24H2,1H3,(H2,26,28,29,30)/t15-/m1/s1. The Balaban J connectivity index is 1.58. The van der Waals surface area contributed by atoms with Gasteiger partial charge in [0.25, 0.3) is 0 Å². The van der Waals surface area contributed by atoms with Crippen LogP contribution in [-0.2, 0) is 13.2 Å². The molecule has 4 rings (SSSR count). The van der Waals surface area contributed by atoms with Gasteiger partial charge in [-0.3, -0.25) is 4.68 Å². The first-order valence-electron chi connectivity index (χ1n) is 9.35. The SMILES string of the molecule is Cn1ncc2c(Nc3ccc(C(F)(F)F)nc3)nc(NC[C@@H](N)c3ccccc3)nc21. The maximum atomic E-state index is 12.8. The van der Waals surface area contributed by atoms with E-state index in [0.29, 0.717) is 35.0 Å². The van der Waals surface area contributed by atoms with Crippen molar-refractivity contribution in [2.24, 2.45) is 12.8 Å². The molecule has 160 valence electrons. The molecule has 4 N–H and O–H groups in total. The molecule has 11 heteroatoms. The minimum atomic E-state index is -4.50. The van der Waals surface area contributed by atoms with Crippen LogP contribution in [0.15, 0.2) is 54.9 Å². The number of fused-ring (bicyclic) bond motifs is 1. The summed E-state index contributed by atoms with van der Waals surface area (Å²) in [6.07, 6.45) is -1.82. The second-order valence-corrected chi connectivity index (χ2v) is 6.85. The van der Waals surface area contributed by atoms with Gasteiger partial charge >= 0.3 is 6.18 Å². The fraction of sp³-hybridized carbons (Fsp3) is 0.200. The van der Waals surface area contributed by atoms with Crippen LogP contribution in [0, 0.1) is 0 Å². The summed E-state index contributed by atoms with van der Waals surface area (Å²) in [7, 11) is 1.73. The summed E-state index contributed by atoms with van der Waals surface area (Å²) in [6, 6.07) is 11.5. The average Bonchev–Trinajstić information content (AvgIpc) is 3.13. The van der Waals surface area contributed by atoms with E-state index in [1.54, 1.807) is 17.9 Å². The Labute approximate surface area is 175 Å². The van der Waals surface area contributed by atoms with Gasteiger partial charge in [0.2, 0.25) is 5.95 Å². The summed E-state index contributed by atoms with van der Waals surface area (Å²) in [4.78, 5) is 12.4. The molecule has 0 saturated carbocycles. The highest BCUT2D eigenvalue weighted by Crippen LogP contribution is 2.29. The Bertz CT molecular complexity index is 1170. The predicted octanol–water partition coefficient (Wildman–Crippen LogP) is 3.63. The maximum Gasteiger partial charge on any atom is 0.433 e. The molecule has 0 aliphatic heterocycles. The highest BCUT2D eigenvalue weighted by molar-refractivity contribution is 5.89. The van der Waals surface area contributed by atoms with Crippen molar-refractivity contribution in [1.29, 1.82) is 0 Å². The third-order valence-electron chi connectivity index (χ3n) is 4.62. The van der Waals surface area contributed by atoms with Crippen LogP contribution in [0.4, 0.5) is 30.6 Å². The first-order valence-corrected chi connectivity index (χ1v) is 9.35. The summed E-state index contributed by atoms with van der Waals surface area (Å²) in [5.74, 6) is 0.695. The number of hydrogen-bond acceptors (Lipinski definition) is 7. The molecule has 0 aliphatic rings. The van der Waals surface area contributed by atoms with Gasteiger partial charge in [-0.25, -0.2) is 4.98 Å². The smallest absolute Gasteiger partial charge is 0.352 e. The number of pyridine rings is 1. The number of anilines is 3. The van der Waals surface area contributed by atoms with E-state index in [4.69, 9.17) is 5.73 Å². The molecular weight excluding hydrogens is 409 g/mol. The lowest BCUT2D eigenvalue weighted by Gasteiger charge is -2.14. The lowest BCUT2D eigenvalue weighted by atomic mass is 10.1. The summed E-state index contributed by atoms with van der Waals surface area (Å²) >= 11 is 0. The number of rotatable bonds is 6. The molecule has 0 bridgehead atoms. The van der Waals surface area contributed by atoms with E-state index in [2.05, 4.69) is 30.7 Å². The number of nitrogens with two attached hydrogens (primary N) is 1. The third-order valence-corrected chi connectivity index (χ3v) is 4.62. The first kappa shape index (κ1) is 20.5. The van der Waals surface area contributed by atoms with E-state index in [1.165, 1.54) is 6.07 Å². The van der Waals surface area contributed by atoms with Crippen LogP contribution >= 0.6 is 0 Å². The van der Waals surface area contributed by atoms with Gasteiger partial charge in [-0.05, 0) is 17.7 Å². The van der Waals surface area contributed by atoms with Crippen LogP contribution < -0.4 is 16.4 Å². The van der Waals surface area contributed by atoms with Gasteiger partial charge < -0.3 is 16.4 Å². The molecule has 0 radical (unpaired) electrons. The zero-order valence-electron chi connectivity index (χ0n) is 16.4. The molecule has 3 aromatic heterocycles. The van der Waals surface area contributed by atoms with Gasteiger partial charge in [-0.1, -0.05) is 30.3 Å². The van der Waals surface area contributed by atoms with Crippen molar-refractivity contribution in [1.82, 2.24) is 24.7 Å². The van der Waals surface area contributed by atoms with E-state index in [-0.39, 0.29) is 6.04 Å². The number of benzene rings is 1. The third kappa shape index (κ3) is 4.56. The van der Waals surface area contributed by atoms with Crippen LogP contribution in [0.1, 0.15) is 17.3 Å². The van der Waals surface area contributed by atoms with Gasteiger partial charge in [0.15, 0.2) is 5.65 Å². The fourth-order valence-electron chi connectivity index (χ4n) is 2.99. The quantitative estimate of drug-likeness (QED) is 0.431. The molecule has 4 aromatic rings. The van der Waals surface area contributed by atoms with Gasteiger partial charge in [0.1, 0.15) is 11.5 Å². The van der Waals surface area contributed by atoms with Gasteiger partial charge in [0, 0.05) is 19.6 Å². The number of aryl methyl sites for hydroxylation is 1. The Morgan fingerprint density at radius 3 is 2.52 bits per heavy atom. The normalized spacial score (nSPS) is 12.7. The number of nitrogens with zero attached hydrogens (tertiary/aromatic N) is 5. The van der Waals surface area contributed by atoms with Crippen LogP contribution in [0.25, 0.3) is 11.0 Å². The Kier molecular flexibility index (Phi) is 5.42. The monoisotopic (exact) mass is 428 g/mol. The molecule has 1 atom stereocenters.